The van der Waals surface area contributed by atoms with Gasteiger partial charge in [-0.1, -0.05) is 30.3 Å². The molecular formula is C18H17N7O. The van der Waals surface area contributed by atoms with Gasteiger partial charge in [-0.25, -0.2) is 4.98 Å². The van der Waals surface area contributed by atoms with E-state index < -0.39 is 0 Å². The van der Waals surface area contributed by atoms with Gasteiger partial charge in [-0.15, -0.1) is 15.3 Å². The van der Waals surface area contributed by atoms with Gasteiger partial charge in [-0.3, -0.25) is 5.10 Å². The number of ether oxygens (including phenoxy) is 1. The lowest BCUT2D eigenvalue weighted by Gasteiger charge is -2.15. The Balaban J connectivity index is 1.63. The summed E-state index contributed by atoms with van der Waals surface area (Å²) in [5, 5.41) is 20.1. The molecular weight excluding hydrogens is 330 g/mol. The van der Waals surface area contributed by atoms with Gasteiger partial charge in [0.15, 0.2) is 23.4 Å². The number of hydrogen-bond acceptors (Lipinski definition) is 6. The van der Waals surface area contributed by atoms with Gasteiger partial charge in [-0.2, -0.15) is 9.61 Å². The summed E-state index contributed by atoms with van der Waals surface area (Å²) in [7, 11) is 0. The average molecular weight is 347 g/mol. The van der Waals surface area contributed by atoms with Crippen LogP contribution in [0.2, 0.25) is 0 Å². The standard InChI is InChI=1S/C18H17N7O/c1-11(16-19-10-20-22-16)26-18-14(12-5-3-2-4-6-12)9-15-21-23-17(13-7-8-13)25(15)24-18/h2-6,9-11,13H,7-8H2,1H3,(H,19,20,22). The number of nitrogens with one attached hydrogen (secondary N) is 1. The highest BCUT2D eigenvalue weighted by atomic mass is 16.5. The first kappa shape index (κ1) is 15.0. The molecule has 1 N–H and O–H groups in total. The Morgan fingerprint density at radius 2 is 2.04 bits per heavy atom. The van der Waals surface area contributed by atoms with Crippen molar-refractivity contribution in [3.05, 3.63) is 54.4 Å². The van der Waals surface area contributed by atoms with Crippen LogP contribution in [0.4, 0.5) is 0 Å². The molecule has 1 atom stereocenters. The topological polar surface area (TPSA) is 93.9 Å². The minimum atomic E-state index is -0.314. The van der Waals surface area contributed by atoms with Crippen LogP contribution in [-0.4, -0.2) is 35.0 Å². The van der Waals surface area contributed by atoms with Crippen molar-refractivity contribution in [2.75, 3.05) is 0 Å². The van der Waals surface area contributed by atoms with Gasteiger partial charge in [0.1, 0.15) is 6.33 Å². The van der Waals surface area contributed by atoms with Crippen LogP contribution in [0.1, 0.15) is 43.4 Å². The molecule has 8 heteroatoms. The number of rotatable bonds is 5. The molecule has 0 bridgehead atoms. The first-order chi connectivity index (χ1) is 12.8. The van der Waals surface area contributed by atoms with Crippen molar-refractivity contribution >= 4 is 5.65 Å². The van der Waals surface area contributed by atoms with Crippen molar-refractivity contribution in [2.45, 2.75) is 31.8 Å². The van der Waals surface area contributed by atoms with Crippen LogP contribution in [0.5, 0.6) is 5.88 Å². The van der Waals surface area contributed by atoms with Crippen molar-refractivity contribution < 1.29 is 4.74 Å². The lowest BCUT2D eigenvalue weighted by atomic mass is 10.1. The van der Waals surface area contributed by atoms with Gasteiger partial charge < -0.3 is 4.74 Å². The molecule has 1 aromatic carbocycles. The SMILES string of the molecule is CC(Oc1nn2c(C3CC3)nnc2cc1-c1ccccc1)c1ncn[nH]1. The lowest BCUT2D eigenvalue weighted by Crippen LogP contribution is -2.10. The molecule has 0 spiro atoms. The molecule has 130 valence electrons. The fourth-order valence-corrected chi connectivity index (χ4v) is 2.97. The summed E-state index contributed by atoms with van der Waals surface area (Å²) < 4.78 is 7.95. The van der Waals surface area contributed by atoms with Crippen LogP contribution < -0.4 is 4.74 Å². The smallest absolute Gasteiger partial charge is 0.240 e. The Morgan fingerprint density at radius 1 is 1.19 bits per heavy atom. The molecule has 1 saturated carbocycles. The van der Waals surface area contributed by atoms with Crippen molar-refractivity contribution in [2.24, 2.45) is 0 Å². The highest BCUT2D eigenvalue weighted by Crippen LogP contribution is 2.40. The molecule has 1 unspecified atom stereocenters. The molecule has 8 nitrogen and oxygen atoms in total. The summed E-state index contributed by atoms with van der Waals surface area (Å²) in [5.41, 5.74) is 2.61. The summed E-state index contributed by atoms with van der Waals surface area (Å²) >= 11 is 0. The van der Waals surface area contributed by atoms with E-state index >= 15 is 0 Å². The van der Waals surface area contributed by atoms with Crippen molar-refractivity contribution in [1.82, 2.24) is 35.0 Å². The quantitative estimate of drug-likeness (QED) is 0.596. The molecule has 3 heterocycles. The second-order valence-corrected chi connectivity index (χ2v) is 6.46. The minimum Gasteiger partial charge on any atom is -0.465 e. The molecule has 0 aliphatic heterocycles. The number of fused-ring (bicyclic) bond motifs is 1. The predicted molar refractivity (Wildman–Crippen MR) is 93.6 cm³/mol. The van der Waals surface area contributed by atoms with E-state index in [1.165, 1.54) is 6.33 Å². The van der Waals surface area contributed by atoms with E-state index in [4.69, 9.17) is 9.84 Å². The third-order valence-electron chi connectivity index (χ3n) is 4.52. The average Bonchev–Trinajstić information content (AvgIpc) is 3.20. The monoisotopic (exact) mass is 347 g/mol. The Labute approximate surface area is 149 Å². The van der Waals surface area contributed by atoms with Gasteiger partial charge in [0, 0.05) is 11.5 Å². The molecule has 1 aliphatic carbocycles. The Hall–Kier alpha value is -3.29. The fourth-order valence-electron chi connectivity index (χ4n) is 2.97. The maximum atomic E-state index is 6.16. The van der Waals surface area contributed by atoms with Crippen LogP contribution in [0.3, 0.4) is 0 Å². The molecule has 0 amide bonds. The van der Waals surface area contributed by atoms with Crippen LogP contribution >= 0.6 is 0 Å². The second-order valence-electron chi connectivity index (χ2n) is 6.46. The zero-order valence-electron chi connectivity index (χ0n) is 14.2. The number of nitrogens with zero attached hydrogens (tertiary/aromatic N) is 6. The summed E-state index contributed by atoms with van der Waals surface area (Å²) in [4.78, 5) is 4.17. The van der Waals surface area contributed by atoms with E-state index in [0.717, 1.165) is 35.4 Å². The highest BCUT2D eigenvalue weighted by molar-refractivity contribution is 5.71. The van der Waals surface area contributed by atoms with E-state index in [9.17, 15) is 0 Å². The second kappa shape index (κ2) is 5.91. The van der Waals surface area contributed by atoms with Crippen molar-refractivity contribution in [3.8, 4) is 17.0 Å². The van der Waals surface area contributed by atoms with Crippen molar-refractivity contribution in [3.63, 3.8) is 0 Å². The Bertz CT molecular complexity index is 1040. The van der Waals surface area contributed by atoms with Crippen LogP contribution in [-0.2, 0) is 0 Å². The zero-order chi connectivity index (χ0) is 17.5. The van der Waals surface area contributed by atoms with Gasteiger partial charge in [0.05, 0.1) is 0 Å². The van der Waals surface area contributed by atoms with E-state index in [1.54, 1.807) is 4.52 Å². The number of benzene rings is 1. The third kappa shape index (κ3) is 2.59. The number of aromatic nitrogens is 7. The van der Waals surface area contributed by atoms with Gasteiger partial charge >= 0.3 is 0 Å². The maximum Gasteiger partial charge on any atom is 0.240 e. The Morgan fingerprint density at radius 3 is 2.77 bits per heavy atom. The normalized spacial score (nSPS) is 15.3. The predicted octanol–water partition coefficient (Wildman–Crippen LogP) is 2.93. The van der Waals surface area contributed by atoms with E-state index in [-0.39, 0.29) is 6.10 Å². The first-order valence-electron chi connectivity index (χ1n) is 8.63. The number of aromatic amines is 1. The summed E-state index contributed by atoms with van der Waals surface area (Å²) in [6.07, 6.45) is 3.42. The number of hydrogen-bond donors (Lipinski definition) is 1. The van der Waals surface area contributed by atoms with Gasteiger partial charge in [0.25, 0.3) is 0 Å². The zero-order valence-corrected chi connectivity index (χ0v) is 14.2. The van der Waals surface area contributed by atoms with Crippen LogP contribution in [0.15, 0.2) is 42.7 Å². The molecule has 4 aromatic rings. The summed E-state index contributed by atoms with van der Waals surface area (Å²) in [6, 6.07) is 12.0. The molecule has 0 radical (unpaired) electrons. The fraction of sp³-hybridized carbons (Fsp3) is 0.278. The van der Waals surface area contributed by atoms with E-state index in [2.05, 4.69) is 25.4 Å². The van der Waals surface area contributed by atoms with Crippen molar-refractivity contribution in [1.29, 1.82) is 0 Å². The lowest BCUT2D eigenvalue weighted by molar-refractivity contribution is 0.206. The molecule has 1 fully saturated rings. The molecule has 26 heavy (non-hydrogen) atoms. The minimum absolute atomic E-state index is 0.314. The largest absolute Gasteiger partial charge is 0.465 e. The maximum absolute atomic E-state index is 6.16. The molecule has 0 saturated heterocycles. The molecule has 3 aromatic heterocycles. The third-order valence-corrected chi connectivity index (χ3v) is 4.52. The molecule has 5 rings (SSSR count). The first-order valence-corrected chi connectivity index (χ1v) is 8.63. The van der Waals surface area contributed by atoms with E-state index in [1.807, 2.05) is 43.3 Å². The van der Waals surface area contributed by atoms with Crippen LogP contribution in [0.25, 0.3) is 16.8 Å². The van der Waals surface area contributed by atoms with Gasteiger partial charge in [0.2, 0.25) is 5.88 Å². The Kier molecular flexibility index (Phi) is 3.41. The summed E-state index contributed by atoms with van der Waals surface area (Å²) in [6.45, 7) is 1.91. The molecule has 1 aliphatic rings. The summed E-state index contributed by atoms with van der Waals surface area (Å²) in [5.74, 6) is 2.52. The van der Waals surface area contributed by atoms with E-state index in [0.29, 0.717) is 17.6 Å². The number of H-pyrrole nitrogens is 1. The van der Waals surface area contributed by atoms with Crippen LogP contribution in [0, 0.1) is 0 Å². The highest BCUT2D eigenvalue weighted by Gasteiger charge is 2.30. The van der Waals surface area contributed by atoms with Gasteiger partial charge in [-0.05, 0) is 31.4 Å².